The van der Waals surface area contributed by atoms with Gasteiger partial charge in [-0.25, -0.2) is 4.79 Å². The molecule has 0 saturated carbocycles. The standard InChI is InChI=1S/C26H30N4O2S/c1-2-3-7-19-11-13-21(14-12-19)28-24(31)18-33-25-22-9-4-5-10-23(22)30(26(32)29-25)17-20-8-6-15-27-16-20/h6,8,11-16H,2-5,7,9-10,17-18H2,1H3,(H,28,31). The zero-order chi connectivity index (χ0) is 23.0. The van der Waals surface area contributed by atoms with Gasteiger partial charge in [0.2, 0.25) is 5.91 Å². The first-order valence-electron chi connectivity index (χ1n) is 11.7. The summed E-state index contributed by atoms with van der Waals surface area (Å²) < 4.78 is 1.77. The number of pyridine rings is 1. The van der Waals surface area contributed by atoms with Gasteiger partial charge in [0.1, 0.15) is 5.03 Å². The molecule has 0 saturated heterocycles. The molecule has 6 nitrogen and oxygen atoms in total. The number of nitrogens with one attached hydrogen (secondary N) is 1. The molecule has 4 rings (SSSR count). The molecule has 172 valence electrons. The van der Waals surface area contributed by atoms with Gasteiger partial charge in [-0.3, -0.25) is 14.3 Å². The molecule has 1 amide bonds. The zero-order valence-corrected chi connectivity index (χ0v) is 19.9. The maximum Gasteiger partial charge on any atom is 0.349 e. The summed E-state index contributed by atoms with van der Waals surface area (Å²) >= 11 is 1.36. The summed E-state index contributed by atoms with van der Waals surface area (Å²) in [5.74, 6) is 0.135. The molecule has 33 heavy (non-hydrogen) atoms. The predicted octanol–water partition coefficient (Wildman–Crippen LogP) is 4.64. The van der Waals surface area contributed by atoms with Gasteiger partial charge in [-0.2, -0.15) is 4.98 Å². The van der Waals surface area contributed by atoms with Crippen LogP contribution < -0.4 is 11.0 Å². The van der Waals surface area contributed by atoms with Crippen molar-refractivity contribution in [2.75, 3.05) is 11.1 Å². The van der Waals surface area contributed by atoms with Crippen molar-refractivity contribution in [2.24, 2.45) is 0 Å². The number of hydrogen-bond acceptors (Lipinski definition) is 5. The summed E-state index contributed by atoms with van der Waals surface area (Å²) in [6.45, 7) is 2.66. The van der Waals surface area contributed by atoms with Crippen molar-refractivity contribution < 1.29 is 4.79 Å². The molecule has 2 aromatic heterocycles. The first-order chi connectivity index (χ1) is 16.1. The maximum atomic E-state index is 12.9. The van der Waals surface area contributed by atoms with E-state index >= 15 is 0 Å². The van der Waals surface area contributed by atoms with Crippen LogP contribution in [0.4, 0.5) is 5.69 Å². The van der Waals surface area contributed by atoms with Crippen LogP contribution in [0.3, 0.4) is 0 Å². The van der Waals surface area contributed by atoms with Gasteiger partial charge in [-0.05, 0) is 67.9 Å². The number of carbonyl (C=O) groups is 1. The van der Waals surface area contributed by atoms with Crippen LogP contribution in [-0.2, 0) is 30.6 Å². The summed E-state index contributed by atoms with van der Waals surface area (Å²) in [4.78, 5) is 34.0. The van der Waals surface area contributed by atoms with E-state index in [4.69, 9.17) is 0 Å². The first-order valence-corrected chi connectivity index (χ1v) is 12.7. The normalized spacial score (nSPS) is 12.9. The van der Waals surface area contributed by atoms with Crippen LogP contribution in [0.15, 0.2) is 58.6 Å². The maximum absolute atomic E-state index is 12.9. The Morgan fingerprint density at radius 1 is 1.12 bits per heavy atom. The molecule has 1 aliphatic rings. The van der Waals surface area contributed by atoms with Gasteiger partial charge in [-0.15, -0.1) is 0 Å². The Morgan fingerprint density at radius 2 is 1.94 bits per heavy atom. The lowest BCUT2D eigenvalue weighted by molar-refractivity contribution is -0.113. The van der Waals surface area contributed by atoms with Crippen molar-refractivity contribution in [2.45, 2.75) is 63.4 Å². The van der Waals surface area contributed by atoms with E-state index in [1.807, 2.05) is 24.3 Å². The van der Waals surface area contributed by atoms with Gasteiger partial charge in [-0.1, -0.05) is 43.3 Å². The number of anilines is 1. The Kier molecular flexibility index (Phi) is 7.94. The fourth-order valence-corrected chi connectivity index (χ4v) is 5.05. The molecular weight excluding hydrogens is 432 g/mol. The predicted molar refractivity (Wildman–Crippen MR) is 133 cm³/mol. The average Bonchev–Trinajstić information content (AvgIpc) is 2.85. The van der Waals surface area contributed by atoms with Gasteiger partial charge in [0, 0.05) is 29.3 Å². The molecule has 0 unspecified atom stereocenters. The highest BCUT2D eigenvalue weighted by Crippen LogP contribution is 2.29. The highest BCUT2D eigenvalue weighted by atomic mass is 32.2. The highest BCUT2D eigenvalue weighted by molar-refractivity contribution is 8.00. The quantitative estimate of drug-likeness (QED) is 0.370. The number of amides is 1. The summed E-state index contributed by atoms with van der Waals surface area (Å²) in [6.07, 6.45) is 10.8. The lowest BCUT2D eigenvalue weighted by atomic mass is 9.97. The molecule has 2 heterocycles. The van der Waals surface area contributed by atoms with Crippen molar-refractivity contribution in [1.82, 2.24) is 14.5 Å². The van der Waals surface area contributed by atoms with Gasteiger partial charge in [0.05, 0.1) is 12.3 Å². The van der Waals surface area contributed by atoms with E-state index in [0.717, 1.165) is 54.6 Å². The number of fused-ring (bicyclic) bond motifs is 1. The number of thioether (sulfide) groups is 1. The van der Waals surface area contributed by atoms with Gasteiger partial charge < -0.3 is 5.32 Å². The molecule has 7 heteroatoms. The third kappa shape index (κ3) is 6.11. The fourth-order valence-electron chi connectivity index (χ4n) is 4.17. The van der Waals surface area contributed by atoms with Gasteiger partial charge in [0.15, 0.2) is 0 Å². The van der Waals surface area contributed by atoms with E-state index in [1.165, 1.54) is 30.2 Å². The number of carbonyl (C=O) groups excluding carboxylic acids is 1. The van der Waals surface area contributed by atoms with Crippen LogP contribution in [0.25, 0.3) is 0 Å². The summed E-state index contributed by atoms with van der Waals surface area (Å²) in [5.41, 5.74) is 4.97. The number of rotatable bonds is 9. The average molecular weight is 463 g/mol. The van der Waals surface area contributed by atoms with Crippen LogP contribution >= 0.6 is 11.8 Å². The molecule has 0 bridgehead atoms. The largest absolute Gasteiger partial charge is 0.349 e. The second-order valence-corrected chi connectivity index (χ2v) is 9.38. The lowest BCUT2D eigenvalue weighted by Crippen LogP contribution is -2.30. The third-order valence-electron chi connectivity index (χ3n) is 5.91. The van der Waals surface area contributed by atoms with E-state index in [-0.39, 0.29) is 17.3 Å². The second kappa shape index (κ2) is 11.3. The zero-order valence-electron chi connectivity index (χ0n) is 19.0. The minimum Gasteiger partial charge on any atom is -0.325 e. The number of unbranched alkanes of at least 4 members (excludes halogenated alkanes) is 1. The summed E-state index contributed by atoms with van der Waals surface area (Å²) in [5, 5.41) is 3.65. The monoisotopic (exact) mass is 462 g/mol. The van der Waals surface area contributed by atoms with Crippen molar-refractivity contribution in [3.63, 3.8) is 0 Å². The number of benzene rings is 1. The van der Waals surface area contributed by atoms with Crippen LogP contribution in [-0.4, -0.2) is 26.2 Å². The number of hydrogen-bond donors (Lipinski definition) is 1. The van der Waals surface area contributed by atoms with E-state index in [1.54, 1.807) is 17.0 Å². The molecule has 1 aromatic carbocycles. The minimum absolute atomic E-state index is 0.0905. The van der Waals surface area contributed by atoms with Crippen molar-refractivity contribution in [3.05, 3.63) is 81.7 Å². The highest BCUT2D eigenvalue weighted by Gasteiger charge is 2.21. The Morgan fingerprint density at radius 3 is 2.70 bits per heavy atom. The van der Waals surface area contributed by atoms with Crippen molar-refractivity contribution in [1.29, 1.82) is 0 Å². The first kappa shape index (κ1) is 23.2. The summed E-state index contributed by atoms with van der Waals surface area (Å²) in [6, 6.07) is 11.9. The Labute approximate surface area is 198 Å². The summed E-state index contributed by atoms with van der Waals surface area (Å²) in [7, 11) is 0. The lowest BCUT2D eigenvalue weighted by Gasteiger charge is -2.22. The van der Waals surface area contributed by atoms with Crippen LogP contribution in [0, 0.1) is 0 Å². The van der Waals surface area contributed by atoms with Gasteiger partial charge in [0.25, 0.3) is 0 Å². The van der Waals surface area contributed by atoms with Crippen LogP contribution in [0.1, 0.15) is 55.0 Å². The third-order valence-corrected chi connectivity index (χ3v) is 6.93. The topological polar surface area (TPSA) is 76.9 Å². The number of nitrogens with zero attached hydrogens (tertiary/aromatic N) is 3. The van der Waals surface area contributed by atoms with Crippen molar-refractivity contribution >= 4 is 23.4 Å². The Balaban J connectivity index is 1.44. The van der Waals surface area contributed by atoms with E-state index in [9.17, 15) is 9.59 Å². The number of aryl methyl sites for hydroxylation is 1. The molecule has 1 N–H and O–H groups in total. The van der Waals surface area contributed by atoms with Crippen LogP contribution in [0.5, 0.6) is 0 Å². The minimum atomic E-state index is -0.259. The molecule has 0 fully saturated rings. The molecule has 0 radical (unpaired) electrons. The Hall–Kier alpha value is -2.93. The fraction of sp³-hybridized carbons (Fsp3) is 0.385. The smallest absolute Gasteiger partial charge is 0.325 e. The second-order valence-electron chi connectivity index (χ2n) is 8.42. The van der Waals surface area contributed by atoms with E-state index in [2.05, 4.69) is 34.3 Å². The molecule has 1 aliphatic carbocycles. The van der Waals surface area contributed by atoms with E-state index < -0.39 is 0 Å². The van der Waals surface area contributed by atoms with Crippen LogP contribution in [0.2, 0.25) is 0 Å². The SMILES string of the molecule is CCCCc1ccc(NC(=O)CSc2nc(=O)n(Cc3cccnc3)c3c2CCCC3)cc1. The molecule has 0 atom stereocenters. The van der Waals surface area contributed by atoms with Gasteiger partial charge >= 0.3 is 5.69 Å². The molecule has 0 spiro atoms. The molecule has 3 aromatic rings. The molecule has 0 aliphatic heterocycles. The van der Waals surface area contributed by atoms with E-state index in [0.29, 0.717) is 11.6 Å². The van der Waals surface area contributed by atoms with Crippen molar-refractivity contribution in [3.8, 4) is 0 Å². The molecular formula is C26H30N4O2S. The number of aromatic nitrogens is 3. The Bertz CT molecular complexity index is 1140.